The highest BCUT2D eigenvalue weighted by Crippen LogP contribution is 2.15. The summed E-state index contributed by atoms with van der Waals surface area (Å²) in [6, 6.07) is 7.93. The van der Waals surface area contributed by atoms with Gasteiger partial charge in [-0.05, 0) is 24.6 Å². The lowest BCUT2D eigenvalue weighted by Gasteiger charge is -2.12. The van der Waals surface area contributed by atoms with Crippen LogP contribution in [0, 0.1) is 6.92 Å². The summed E-state index contributed by atoms with van der Waals surface area (Å²) in [5.41, 5.74) is 7.27. The molecule has 0 spiro atoms. The molecule has 4 nitrogen and oxygen atoms in total. The normalized spacial score (nSPS) is 12.4. The van der Waals surface area contributed by atoms with Gasteiger partial charge in [0.2, 0.25) is 0 Å². The molecule has 2 aromatic rings. The van der Waals surface area contributed by atoms with Gasteiger partial charge in [-0.2, -0.15) is 0 Å². The third kappa shape index (κ3) is 3.11. The largest absolute Gasteiger partial charge is 0.494 e. The molecule has 1 aromatic heterocycles. The maximum atomic E-state index is 6.07. The van der Waals surface area contributed by atoms with Crippen molar-refractivity contribution in [2.24, 2.45) is 12.8 Å². The molecule has 1 unspecified atom stereocenters. The van der Waals surface area contributed by atoms with Crippen LogP contribution in [0.3, 0.4) is 0 Å². The van der Waals surface area contributed by atoms with Gasteiger partial charge in [0.05, 0.1) is 12.6 Å². The zero-order valence-electron chi connectivity index (χ0n) is 10.8. The van der Waals surface area contributed by atoms with Gasteiger partial charge < -0.3 is 15.0 Å². The average Bonchev–Trinajstić information content (AvgIpc) is 2.75. The van der Waals surface area contributed by atoms with E-state index in [9.17, 15) is 0 Å². The molecule has 0 saturated heterocycles. The SMILES string of the molecule is Cc1cccc(OCCC(N)c2nccn2C)c1. The monoisotopic (exact) mass is 245 g/mol. The van der Waals surface area contributed by atoms with Crippen molar-refractivity contribution in [2.75, 3.05) is 6.61 Å². The Morgan fingerprint density at radius 1 is 1.44 bits per heavy atom. The maximum Gasteiger partial charge on any atom is 0.125 e. The maximum absolute atomic E-state index is 6.07. The lowest BCUT2D eigenvalue weighted by atomic mass is 10.2. The Morgan fingerprint density at radius 2 is 2.28 bits per heavy atom. The molecule has 0 aliphatic heterocycles. The molecule has 1 heterocycles. The van der Waals surface area contributed by atoms with Crippen LogP contribution in [0.2, 0.25) is 0 Å². The Bertz CT molecular complexity index is 507. The number of nitrogens with two attached hydrogens (primary N) is 1. The number of aromatic nitrogens is 2. The van der Waals surface area contributed by atoms with Gasteiger partial charge in [0.1, 0.15) is 11.6 Å². The zero-order chi connectivity index (χ0) is 13.0. The van der Waals surface area contributed by atoms with Crippen molar-refractivity contribution in [1.82, 2.24) is 9.55 Å². The summed E-state index contributed by atoms with van der Waals surface area (Å²) < 4.78 is 7.62. The summed E-state index contributed by atoms with van der Waals surface area (Å²) in [4.78, 5) is 4.24. The van der Waals surface area contributed by atoms with E-state index in [1.54, 1.807) is 6.20 Å². The molecule has 2 rings (SSSR count). The van der Waals surface area contributed by atoms with Crippen LogP contribution in [0.1, 0.15) is 23.9 Å². The van der Waals surface area contributed by atoms with Gasteiger partial charge in [-0.25, -0.2) is 4.98 Å². The van der Waals surface area contributed by atoms with Crippen LogP contribution < -0.4 is 10.5 Å². The molecular weight excluding hydrogens is 226 g/mol. The highest BCUT2D eigenvalue weighted by atomic mass is 16.5. The van der Waals surface area contributed by atoms with Crippen LogP contribution in [0.4, 0.5) is 0 Å². The first-order valence-corrected chi connectivity index (χ1v) is 6.09. The summed E-state index contributed by atoms with van der Waals surface area (Å²) in [6.45, 7) is 2.64. The highest BCUT2D eigenvalue weighted by molar-refractivity contribution is 5.27. The van der Waals surface area contributed by atoms with Crippen LogP contribution in [-0.2, 0) is 7.05 Å². The molecule has 4 heteroatoms. The van der Waals surface area contributed by atoms with Crippen LogP contribution >= 0.6 is 0 Å². The van der Waals surface area contributed by atoms with E-state index < -0.39 is 0 Å². The molecule has 0 radical (unpaired) electrons. The van der Waals surface area contributed by atoms with Crippen molar-refractivity contribution in [1.29, 1.82) is 0 Å². The van der Waals surface area contributed by atoms with Gasteiger partial charge >= 0.3 is 0 Å². The van der Waals surface area contributed by atoms with E-state index >= 15 is 0 Å². The number of nitrogens with zero attached hydrogens (tertiary/aromatic N) is 2. The van der Waals surface area contributed by atoms with Crippen LogP contribution in [0.15, 0.2) is 36.7 Å². The quantitative estimate of drug-likeness (QED) is 0.878. The third-order valence-corrected chi connectivity index (χ3v) is 2.88. The first kappa shape index (κ1) is 12.6. The van der Waals surface area contributed by atoms with Gasteiger partial charge in [-0.1, -0.05) is 12.1 Å². The molecular formula is C14H19N3O. The Kier molecular flexibility index (Phi) is 3.99. The minimum absolute atomic E-state index is 0.0881. The third-order valence-electron chi connectivity index (χ3n) is 2.88. The molecule has 0 amide bonds. The first-order valence-electron chi connectivity index (χ1n) is 6.09. The molecule has 1 aromatic carbocycles. The van der Waals surface area contributed by atoms with E-state index in [-0.39, 0.29) is 6.04 Å². The van der Waals surface area contributed by atoms with E-state index in [2.05, 4.69) is 4.98 Å². The van der Waals surface area contributed by atoms with Crippen molar-refractivity contribution in [3.8, 4) is 5.75 Å². The summed E-state index contributed by atoms with van der Waals surface area (Å²) >= 11 is 0. The van der Waals surface area contributed by atoms with Gasteiger partial charge in [0.15, 0.2) is 0 Å². The minimum atomic E-state index is -0.0881. The van der Waals surface area contributed by atoms with Crippen molar-refractivity contribution in [3.05, 3.63) is 48.0 Å². The van der Waals surface area contributed by atoms with Crippen molar-refractivity contribution < 1.29 is 4.74 Å². The van der Waals surface area contributed by atoms with Gasteiger partial charge in [-0.15, -0.1) is 0 Å². The second-order valence-electron chi connectivity index (χ2n) is 4.46. The molecule has 2 N–H and O–H groups in total. The number of hydrogen-bond acceptors (Lipinski definition) is 3. The standard InChI is InChI=1S/C14H19N3O/c1-11-4-3-5-12(10-11)18-9-6-13(15)14-16-7-8-17(14)2/h3-5,7-8,10,13H,6,9,15H2,1-2H3. The molecule has 18 heavy (non-hydrogen) atoms. The number of benzene rings is 1. The minimum Gasteiger partial charge on any atom is -0.494 e. The van der Waals surface area contributed by atoms with Crippen LogP contribution in [0.5, 0.6) is 5.75 Å². The average molecular weight is 245 g/mol. The predicted molar refractivity (Wildman–Crippen MR) is 71.4 cm³/mol. The van der Waals surface area contributed by atoms with Crippen LogP contribution in [-0.4, -0.2) is 16.2 Å². The van der Waals surface area contributed by atoms with E-state index in [1.165, 1.54) is 5.56 Å². The molecule has 0 aliphatic rings. The van der Waals surface area contributed by atoms with Crippen molar-refractivity contribution >= 4 is 0 Å². The summed E-state index contributed by atoms with van der Waals surface area (Å²) in [5.74, 6) is 1.78. The smallest absolute Gasteiger partial charge is 0.125 e. The fourth-order valence-corrected chi connectivity index (χ4v) is 1.87. The number of imidazole rings is 1. The number of hydrogen-bond donors (Lipinski definition) is 1. The van der Waals surface area contributed by atoms with E-state index in [0.717, 1.165) is 18.0 Å². The summed E-state index contributed by atoms with van der Waals surface area (Å²) in [5, 5.41) is 0. The Balaban J connectivity index is 1.84. The molecule has 0 fully saturated rings. The second kappa shape index (κ2) is 5.69. The van der Waals surface area contributed by atoms with E-state index in [1.807, 2.05) is 49.0 Å². The Morgan fingerprint density at radius 3 is 2.94 bits per heavy atom. The number of aryl methyl sites for hydroxylation is 2. The number of ether oxygens (including phenoxy) is 1. The molecule has 96 valence electrons. The summed E-state index contributed by atoms with van der Waals surface area (Å²) in [6.07, 6.45) is 4.41. The fraction of sp³-hybridized carbons (Fsp3) is 0.357. The highest BCUT2D eigenvalue weighted by Gasteiger charge is 2.10. The molecule has 0 saturated carbocycles. The van der Waals surface area contributed by atoms with E-state index in [0.29, 0.717) is 6.61 Å². The van der Waals surface area contributed by atoms with Crippen molar-refractivity contribution in [3.63, 3.8) is 0 Å². The van der Waals surface area contributed by atoms with E-state index in [4.69, 9.17) is 10.5 Å². The van der Waals surface area contributed by atoms with Gasteiger partial charge in [0, 0.05) is 25.9 Å². The fourth-order valence-electron chi connectivity index (χ4n) is 1.87. The lowest BCUT2D eigenvalue weighted by molar-refractivity contribution is 0.295. The van der Waals surface area contributed by atoms with Crippen molar-refractivity contribution in [2.45, 2.75) is 19.4 Å². The van der Waals surface area contributed by atoms with Gasteiger partial charge in [0.25, 0.3) is 0 Å². The topological polar surface area (TPSA) is 53.1 Å². The Labute approximate surface area is 107 Å². The predicted octanol–water partition coefficient (Wildman–Crippen LogP) is 2.20. The summed E-state index contributed by atoms with van der Waals surface area (Å²) in [7, 11) is 1.95. The molecule has 1 atom stereocenters. The molecule has 0 bridgehead atoms. The first-order chi connectivity index (χ1) is 8.66. The number of rotatable bonds is 5. The lowest BCUT2D eigenvalue weighted by Crippen LogP contribution is -2.18. The Hall–Kier alpha value is -1.81. The molecule has 0 aliphatic carbocycles. The zero-order valence-corrected chi connectivity index (χ0v) is 10.8. The van der Waals surface area contributed by atoms with Crippen LogP contribution in [0.25, 0.3) is 0 Å². The van der Waals surface area contributed by atoms with Gasteiger partial charge in [-0.3, -0.25) is 0 Å². The second-order valence-corrected chi connectivity index (χ2v) is 4.46.